The van der Waals surface area contributed by atoms with Crippen LogP contribution in [0.3, 0.4) is 0 Å². The third-order valence-electron chi connectivity index (χ3n) is 3.13. The van der Waals surface area contributed by atoms with Crippen LogP contribution in [0.4, 0.5) is 10.1 Å². The van der Waals surface area contributed by atoms with Gasteiger partial charge in [0.15, 0.2) is 5.78 Å². The molecule has 0 N–H and O–H groups in total. The molecular formula is C15H20FNO3. The van der Waals surface area contributed by atoms with Gasteiger partial charge in [-0.25, -0.2) is 4.39 Å². The van der Waals surface area contributed by atoms with Gasteiger partial charge in [-0.1, -0.05) is 0 Å². The van der Waals surface area contributed by atoms with Crippen LogP contribution >= 0.6 is 0 Å². The topological polar surface area (TPSA) is 46.6 Å². The number of hydrogen-bond donors (Lipinski definition) is 0. The zero-order valence-corrected chi connectivity index (χ0v) is 12.3. The molecule has 4 nitrogen and oxygen atoms in total. The van der Waals surface area contributed by atoms with E-state index in [-0.39, 0.29) is 24.8 Å². The van der Waals surface area contributed by atoms with Crippen molar-refractivity contribution in [1.82, 2.24) is 0 Å². The van der Waals surface area contributed by atoms with Crippen LogP contribution in [-0.4, -0.2) is 32.0 Å². The van der Waals surface area contributed by atoms with Crippen molar-refractivity contribution in [1.29, 1.82) is 0 Å². The summed E-state index contributed by atoms with van der Waals surface area (Å²) in [7, 11) is 1.71. The summed E-state index contributed by atoms with van der Waals surface area (Å²) in [6.45, 7) is 5.08. The number of hydrogen-bond acceptors (Lipinski definition) is 4. The number of carbonyl (C=O) groups excluding carboxylic acids is 2. The molecule has 0 unspecified atom stereocenters. The fourth-order valence-electron chi connectivity index (χ4n) is 1.63. The predicted octanol–water partition coefficient (Wildman–Crippen LogP) is 2.42. The standard InChI is InChI=1S/C15H20FNO3/c1-5-20-14(19)15(2,3)13(18)10-17(4)12-8-6-11(16)7-9-12/h6-9H,5,10H2,1-4H3. The van der Waals surface area contributed by atoms with E-state index in [0.29, 0.717) is 5.69 Å². The first-order valence-corrected chi connectivity index (χ1v) is 6.46. The van der Waals surface area contributed by atoms with Gasteiger partial charge in [-0.3, -0.25) is 9.59 Å². The first kappa shape index (κ1) is 16.1. The zero-order valence-electron chi connectivity index (χ0n) is 12.3. The molecule has 0 bridgehead atoms. The Hall–Kier alpha value is -1.91. The molecule has 0 saturated heterocycles. The highest BCUT2D eigenvalue weighted by molar-refractivity contribution is 6.04. The maximum atomic E-state index is 12.8. The third kappa shape index (κ3) is 3.79. The molecule has 1 aromatic carbocycles. The van der Waals surface area contributed by atoms with Crippen molar-refractivity contribution >= 4 is 17.4 Å². The molecule has 20 heavy (non-hydrogen) atoms. The second-order valence-corrected chi connectivity index (χ2v) is 5.10. The predicted molar refractivity (Wildman–Crippen MR) is 75.1 cm³/mol. The highest BCUT2D eigenvalue weighted by Crippen LogP contribution is 2.21. The molecule has 0 radical (unpaired) electrons. The van der Waals surface area contributed by atoms with Gasteiger partial charge in [-0.2, -0.15) is 0 Å². The first-order valence-electron chi connectivity index (χ1n) is 6.46. The Balaban J connectivity index is 2.74. The van der Waals surface area contributed by atoms with Gasteiger partial charge in [0, 0.05) is 12.7 Å². The summed E-state index contributed by atoms with van der Waals surface area (Å²) in [5, 5.41) is 0. The van der Waals surface area contributed by atoms with E-state index in [9.17, 15) is 14.0 Å². The normalized spacial score (nSPS) is 11.1. The Morgan fingerprint density at radius 2 is 1.80 bits per heavy atom. The first-order chi connectivity index (χ1) is 9.28. The van der Waals surface area contributed by atoms with Crippen molar-refractivity contribution in [3.63, 3.8) is 0 Å². The van der Waals surface area contributed by atoms with Gasteiger partial charge in [0.2, 0.25) is 0 Å². The molecule has 0 amide bonds. The number of nitrogens with zero attached hydrogens (tertiary/aromatic N) is 1. The van der Waals surface area contributed by atoms with Crippen molar-refractivity contribution < 1.29 is 18.7 Å². The van der Waals surface area contributed by atoms with Crippen LogP contribution in [0.5, 0.6) is 0 Å². The SMILES string of the molecule is CCOC(=O)C(C)(C)C(=O)CN(C)c1ccc(F)cc1. The van der Waals surface area contributed by atoms with E-state index in [2.05, 4.69) is 0 Å². The minimum absolute atomic E-state index is 0.0530. The highest BCUT2D eigenvalue weighted by atomic mass is 19.1. The van der Waals surface area contributed by atoms with Gasteiger partial charge < -0.3 is 9.64 Å². The van der Waals surface area contributed by atoms with E-state index in [1.54, 1.807) is 44.9 Å². The molecule has 0 spiro atoms. The largest absolute Gasteiger partial charge is 0.465 e. The number of rotatable bonds is 6. The maximum absolute atomic E-state index is 12.8. The number of likely N-dealkylation sites (N-methyl/N-ethyl adjacent to an activating group) is 1. The molecule has 0 aliphatic carbocycles. The van der Waals surface area contributed by atoms with Gasteiger partial charge in [-0.05, 0) is 45.0 Å². The van der Waals surface area contributed by atoms with Crippen molar-refractivity contribution in [3.8, 4) is 0 Å². The molecule has 0 heterocycles. The number of Topliss-reactive ketones (excluding diaryl/α,β-unsaturated/α-hetero) is 1. The summed E-state index contributed by atoms with van der Waals surface area (Å²) < 4.78 is 17.7. The Morgan fingerprint density at radius 3 is 2.30 bits per heavy atom. The quantitative estimate of drug-likeness (QED) is 0.593. The molecule has 1 aromatic rings. The minimum Gasteiger partial charge on any atom is -0.465 e. The van der Waals surface area contributed by atoms with Crippen LogP contribution < -0.4 is 4.90 Å². The number of carbonyl (C=O) groups is 2. The van der Waals surface area contributed by atoms with Crippen LogP contribution in [0.15, 0.2) is 24.3 Å². The van der Waals surface area contributed by atoms with Crippen molar-refractivity contribution in [2.45, 2.75) is 20.8 Å². The van der Waals surface area contributed by atoms with Crippen molar-refractivity contribution in [3.05, 3.63) is 30.1 Å². The Morgan fingerprint density at radius 1 is 1.25 bits per heavy atom. The zero-order chi connectivity index (χ0) is 15.3. The summed E-state index contributed by atoms with van der Waals surface area (Å²) in [6, 6.07) is 5.82. The Labute approximate surface area is 118 Å². The van der Waals surface area contributed by atoms with Crippen LogP contribution in [0.1, 0.15) is 20.8 Å². The smallest absolute Gasteiger partial charge is 0.319 e. The Bertz CT molecular complexity index is 482. The number of anilines is 1. The van der Waals surface area contributed by atoms with Crippen LogP contribution in [-0.2, 0) is 14.3 Å². The number of ether oxygens (including phenoxy) is 1. The summed E-state index contributed by atoms with van der Waals surface area (Å²) in [5.41, 5.74) is -0.482. The van der Waals surface area contributed by atoms with Gasteiger partial charge in [0.05, 0.1) is 13.2 Å². The fourth-order valence-corrected chi connectivity index (χ4v) is 1.63. The monoisotopic (exact) mass is 281 g/mol. The van der Waals surface area contributed by atoms with E-state index in [4.69, 9.17) is 4.74 Å². The molecule has 0 fully saturated rings. The minimum atomic E-state index is -1.19. The molecule has 0 aromatic heterocycles. The van der Waals surface area contributed by atoms with E-state index >= 15 is 0 Å². The summed E-state index contributed by atoms with van der Waals surface area (Å²) in [6.07, 6.45) is 0. The number of halogens is 1. The lowest BCUT2D eigenvalue weighted by Gasteiger charge is -2.25. The lowest BCUT2D eigenvalue weighted by Crippen LogP contribution is -2.41. The highest BCUT2D eigenvalue weighted by Gasteiger charge is 2.37. The molecular weight excluding hydrogens is 261 g/mol. The average molecular weight is 281 g/mol. The molecule has 0 saturated carbocycles. The number of esters is 1. The Kier molecular flexibility index (Phi) is 5.25. The van der Waals surface area contributed by atoms with E-state index in [1.165, 1.54) is 12.1 Å². The second-order valence-electron chi connectivity index (χ2n) is 5.10. The molecule has 5 heteroatoms. The molecule has 1 rings (SSSR count). The van der Waals surface area contributed by atoms with Crippen molar-refractivity contribution in [2.75, 3.05) is 25.1 Å². The molecule has 0 atom stereocenters. The average Bonchev–Trinajstić information content (AvgIpc) is 2.39. The lowest BCUT2D eigenvalue weighted by atomic mass is 9.88. The number of ketones is 1. The van der Waals surface area contributed by atoms with E-state index in [1.807, 2.05) is 0 Å². The number of benzene rings is 1. The maximum Gasteiger partial charge on any atom is 0.319 e. The van der Waals surface area contributed by atoms with Crippen LogP contribution in [0.2, 0.25) is 0 Å². The van der Waals surface area contributed by atoms with Crippen LogP contribution in [0, 0.1) is 11.2 Å². The third-order valence-corrected chi connectivity index (χ3v) is 3.13. The van der Waals surface area contributed by atoms with Gasteiger partial charge in [-0.15, -0.1) is 0 Å². The molecule has 0 aliphatic rings. The van der Waals surface area contributed by atoms with Crippen LogP contribution in [0.25, 0.3) is 0 Å². The second kappa shape index (κ2) is 6.50. The van der Waals surface area contributed by atoms with E-state index < -0.39 is 11.4 Å². The summed E-state index contributed by atoms with van der Waals surface area (Å²) in [5.74, 6) is -1.11. The van der Waals surface area contributed by atoms with Gasteiger partial charge >= 0.3 is 5.97 Å². The lowest BCUT2D eigenvalue weighted by molar-refractivity contribution is -0.157. The van der Waals surface area contributed by atoms with Crippen molar-refractivity contribution in [2.24, 2.45) is 5.41 Å². The fraction of sp³-hybridized carbons (Fsp3) is 0.467. The molecule has 0 aliphatic heterocycles. The van der Waals surface area contributed by atoms with E-state index in [0.717, 1.165) is 0 Å². The molecule has 110 valence electrons. The summed E-state index contributed by atoms with van der Waals surface area (Å²) in [4.78, 5) is 25.6. The van der Waals surface area contributed by atoms with Gasteiger partial charge in [0.25, 0.3) is 0 Å². The van der Waals surface area contributed by atoms with Gasteiger partial charge in [0.1, 0.15) is 11.2 Å². The summed E-state index contributed by atoms with van der Waals surface area (Å²) >= 11 is 0.